The van der Waals surface area contributed by atoms with Gasteiger partial charge in [0.2, 0.25) is 5.13 Å². The molecule has 0 aliphatic heterocycles. The maximum Gasteiger partial charge on any atom is 0.231 e. The van der Waals surface area contributed by atoms with E-state index in [1.807, 2.05) is 68.4 Å². The second kappa shape index (κ2) is 6.75. The molecule has 1 heterocycles. The van der Waals surface area contributed by atoms with Gasteiger partial charge in [-0.05, 0) is 49.4 Å². The monoisotopic (exact) mass is 326 g/mol. The number of ether oxygens (including phenoxy) is 1. The zero-order chi connectivity index (χ0) is 16.2. The number of fused-ring (bicyclic) bond motifs is 1. The number of aromatic nitrogens is 1. The Hall–Kier alpha value is -2.47. The highest BCUT2D eigenvalue weighted by atomic mass is 32.1. The zero-order valence-electron chi connectivity index (χ0n) is 13.4. The molecule has 6 heteroatoms. The fourth-order valence-electron chi connectivity index (χ4n) is 2.11. The molecule has 0 spiro atoms. The Morgan fingerprint density at radius 1 is 1.09 bits per heavy atom. The standard InChI is InChI=1S/C17H18N4OS/c1-4-22-14-9-10-15-16(11-14)23-17(18-15)20-19-12-5-7-13(8-6-12)21(2)3/h5-11H,4H2,1-3H3. The smallest absolute Gasteiger partial charge is 0.231 e. The second-order valence-corrected chi connectivity index (χ2v) is 6.18. The molecule has 0 N–H and O–H groups in total. The lowest BCUT2D eigenvalue weighted by Crippen LogP contribution is -2.07. The van der Waals surface area contributed by atoms with Crippen LogP contribution < -0.4 is 9.64 Å². The number of rotatable bonds is 5. The number of thiazole rings is 1. The Bertz CT molecular complexity index is 824. The normalized spacial score (nSPS) is 11.3. The van der Waals surface area contributed by atoms with Gasteiger partial charge in [-0.25, -0.2) is 4.98 Å². The predicted molar refractivity (Wildman–Crippen MR) is 95.7 cm³/mol. The van der Waals surface area contributed by atoms with E-state index >= 15 is 0 Å². The van der Waals surface area contributed by atoms with Crippen LogP contribution in [-0.2, 0) is 0 Å². The second-order valence-electron chi connectivity index (χ2n) is 5.17. The lowest BCUT2D eigenvalue weighted by Gasteiger charge is -2.11. The van der Waals surface area contributed by atoms with Crippen molar-refractivity contribution in [3.8, 4) is 5.75 Å². The Morgan fingerprint density at radius 2 is 1.87 bits per heavy atom. The van der Waals surface area contributed by atoms with E-state index in [1.54, 1.807) is 0 Å². The number of azo groups is 1. The van der Waals surface area contributed by atoms with Gasteiger partial charge in [-0.3, -0.25) is 0 Å². The number of hydrogen-bond acceptors (Lipinski definition) is 6. The highest BCUT2D eigenvalue weighted by Crippen LogP contribution is 2.32. The lowest BCUT2D eigenvalue weighted by molar-refractivity contribution is 0.341. The summed E-state index contributed by atoms with van der Waals surface area (Å²) in [4.78, 5) is 6.52. The fraction of sp³-hybridized carbons (Fsp3) is 0.235. The van der Waals surface area contributed by atoms with Crippen molar-refractivity contribution in [3.05, 3.63) is 42.5 Å². The van der Waals surface area contributed by atoms with Crippen LogP contribution in [0.25, 0.3) is 10.2 Å². The summed E-state index contributed by atoms with van der Waals surface area (Å²) in [7, 11) is 4.02. The highest BCUT2D eigenvalue weighted by molar-refractivity contribution is 7.21. The molecule has 0 saturated carbocycles. The van der Waals surface area contributed by atoms with Gasteiger partial charge in [-0.15, -0.1) is 10.2 Å². The van der Waals surface area contributed by atoms with Crippen molar-refractivity contribution in [2.24, 2.45) is 10.2 Å². The van der Waals surface area contributed by atoms with Crippen LogP contribution in [0.15, 0.2) is 52.7 Å². The van der Waals surface area contributed by atoms with Crippen LogP contribution in [0.2, 0.25) is 0 Å². The number of nitrogens with zero attached hydrogens (tertiary/aromatic N) is 4. The third-order valence-electron chi connectivity index (χ3n) is 3.28. The van der Waals surface area contributed by atoms with Gasteiger partial charge in [0.05, 0.1) is 22.5 Å². The van der Waals surface area contributed by atoms with Gasteiger partial charge in [0, 0.05) is 19.8 Å². The summed E-state index contributed by atoms with van der Waals surface area (Å²) in [5.74, 6) is 0.853. The van der Waals surface area contributed by atoms with E-state index in [2.05, 4.69) is 15.2 Å². The van der Waals surface area contributed by atoms with Gasteiger partial charge < -0.3 is 9.64 Å². The van der Waals surface area contributed by atoms with Crippen LogP contribution >= 0.6 is 11.3 Å². The van der Waals surface area contributed by atoms with E-state index in [1.165, 1.54) is 11.3 Å². The largest absolute Gasteiger partial charge is 0.494 e. The van der Waals surface area contributed by atoms with Crippen molar-refractivity contribution >= 4 is 38.1 Å². The maximum absolute atomic E-state index is 5.50. The van der Waals surface area contributed by atoms with E-state index in [4.69, 9.17) is 4.74 Å². The van der Waals surface area contributed by atoms with Gasteiger partial charge in [-0.2, -0.15) is 0 Å². The fourth-order valence-corrected chi connectivity index (χ4v) is 2.93. The van der Waals surface area contributed by atoms with Gasteiger partial charge in [0.25, 0.3) is 0 Å². The molecule has 0 atom stereocenters. The summed E-state index contributed by atoms with van der Waals surface area (Å²) in [6.07, 6.45) is 0. The van der Waals surface area contributed by atoms with Crippen LogP contribution in [0.4, 0.5) is 16.5 Å². The first-order chi connectivity index (χ1) is 11.2. The molecule has 0 aliphatic rings. The van der Waals surface area contributed by atoms with Crippen LogP contribution in [0.1, 0.15) is 6.92 Å². The molecule has 23 heavy (non-hydrogen) atoms. The molecule has 2 aromatic carbocycles. The van der Waals surface area contributed by atoms with Gasteiger partial charge >= 0.3 is 0 Å². The Labute approximate surface area is 139 Å². The molecule has 0 aliphatic carbocycles. The molecular weight excluding hydrogens is 308 g/mol. The SMILES string of the molecule is CCOc1ccc2nc(N=Nc3ccc(N(C)C)cc3)sc2c1. The molecule has 0 unspecified atom stereocenters. The third kappa shape index (κ3) is 3.65. The minimum absolute atomic E-state index is 0.644. The van der Waals surface area contributed by atoms with E-state index in [0.29, 0.717) is 11.7 Å². The van der Waals surface area contributed by atoms with E-state index in [0.717, 1.165) is 27.3 Å². The summed E-state index contributed by atoms with van der Waals surface area (Å²) in [5, 5.41) is 9.14. The summed E-state index contributed by atoms with van der Waals surface area (Å²) < 4.78 is 6.55. The summed E-state index contributed by atoms with van der Waals surface area (Å²) >= 11 is 1.50. The predicted octanol–water partition coefficient (Wildman–Crippen LogP) is 5.18. The molecule has 3 rings (SSSR count). The number of benzene rings is 2. The minimum Gasteiger partial charge on any atom is -0.494 e. The van der Waals surface area contributed by atoms with E-state index < -0.39 is 0 Å². The zero-order valence-corrected chi connectivity index (χ0v) is 14.2. The van der Waals surface area contributed by atoms with Crippen LogP contribution in [-0.4, -0.2) is 25.7 Å². The topological polar surface area (TPSA) is 50.1 Å². The molecule has 0 amide bonds. The van der Waals surface area contributed by atoms with Crippen molar-refractivity contribution in [1.82, 2.24) is 4.98 Å². The Balaban J connectivity index is 1.80. The Morgan fingerprint density at radius 3 is 2.57 bits per heavy atom. The lowest BCUT2D eigenvalue weighted by atomic mass is 10.3. The van der Waals surface area contributed by atoms with E-state index in [9.17, 15) is 0 Å². The van der Waals surface area contributed by atoms with Gasteiger partial charge in [-0.1, -0.05) is 11.3 Å². The van der Waals surface area contributed by atoms with Crippen LogP contribution in [0.5, 0.6) is 5.75 Å². The molecule has 118 valence electrons. The molecule has 1 aromatic heterocycles. The van der Waals surface area contributed by atoms with Crippen molar-refractivity contribution in [2.45, 2.75) is 6.92 Å². The molecule has 3 aromatic rings. The minimum atomic E-state index is 0.644. The van der Waals surface area contributed by atoms with Crippen molar-refractivity contribution in [1.29, 1.82) is 0 Å². The summed E-state index contributed by atoms with van der Waals surface area (Å²) in [6, 6.07) is 13.8. The molecule has 0 saturated heterocycles. The molecular formula is C17H18N4OS. The Kier molecular flexibility index (Phi) is 4.52. The van der Waals surface area contributed by atoms with Crippen LogP contribution in [0.3, 0.4) is 0 Å². The first-order valence-electron chi connectivity index (χ1n) is 7.38. The summed E-state index contributed by atoms with van der Waals surface area (Å²) in [6.45, 7) is 2.62. The molecule has 0 radical (unpaired) electrons. The van der Waals surface area contributed by atoms with Gasteiger partial charge in [0.15, 0.2) is 0 Å². The first-order valence-corrected chi connectivity index (χ1v) is 8.20. The van der Waals surface area contributed by atoms with Crippen molar-refractivity contribution < 1.29 is 4.74 Å². The van der Waals surface area contributed by atoms with Crippen LogP contribution in [0, 0.1) is 0 Å². The van der Waals surface area contributed by atoms with Crippen molar-refractivity contribution in [3.63, 3.8) is 0 Å². The third-order valence-corrected chi connectivity index (χ3v) is 4.18. The van der Waals surface area contributed by atoms with E-state index in [-0.39, 0.29) is 0 Å². The molecule has 0 bridgehead atoms. The first kappa shape index (κ1) is 15.4. The molecule has 0 fully saturated rings. The average molecular weight is 326 g/mol. The highest BCUT2D eigenvalue weighted by Gasteiger charge is 2.04. The molecule has 5 nitrogen and oxygen atoms in total. The van der Waals surface area contributed by atoms with Gasteiger partial charge in [0.1, 0.15) is 5.75 Å². The number of hydrogen-bond donors (Lipinski definition) is 0. The maximum atomic E-state index is 5.50. The number of anilines is 1. The quantitative estimate of drug-likeness (QED) is 0.607. The summed E-state index contributed by atoms with van der Waals surface area (Å²) in [5.41, 5.74) is 2.85. The average Bonchev–Trinajstić information content (AvgIpc) is 2.96. The van der Waals surface area contributed by atoms with Crippen molar-refractivity contribution in [2.75, 3.05) is 25.6 Å².